The highest BCUT2D eigenvalue weighted by molar-refractivity contribution is 4.84. The lowest BCUT2D eigenvalue weighted by atomic mass is 9.70. The minimum Gasteiger partial charge on any atom is -0.391 e. The summed E-state index contributed by atoms with van der Waals surface area (Å²) in [5.74, 6) is 0.643. The first-order valence-electron chi connectivity index (χ1n) is 7.74. The highest BCUT2D eigenvalue weighted by Crippen LogP contribution is 2.39. The summed E-state index contributed by atoms with van der Waals surface area (Å²) >= 11 is 0. The van der Waals surface area contributed by atoms with Crippen LogP contribution >= 0.6 is 0 Å². The monoisotopic (exact) mass is 256 g/mol. The Morgan fingerprint density at radius 2 is 1.89 bits per heavy atom. The number of hydrogen-bond acceptors (Lipinski definition) is 2. The number of rotatable bonds is 6. The van der Waals surface area contributed by atoms with Gasteiger partial charge in [0.1, 0.15) is 0 Å². The van der Waals surface area contributed by atoms with Crippen molar-refractivity contribution >= 4 is 0 Å². The third kappa shape index (κ3) is 5.27. The average Bonchev–Trinajstić information content (AvgIpc) is 2.33. The molecule has 108 valence electrons. The van der Waals surface area contributed by atoms with Gasteiger partial charge in [0.2, 0.25) is 0 Å². The molecule has 0 bridgehead atoms. The minimum absolute atomic E-state index is 0.271. The Morgan fingerprint density at radius 1 is 1.22 bits per heavy atom. The third-order valence-corrected chi connectivity index (χ3v) is 4.21. The first-order chi connectivity index (χ1) is 8.45. The summed E-state index contributed by atoms with van der Waals surface area (Å²) in [6.07, 6.45) is 8.26. The molecule has 1 aliphatic rings. The molecule has 1 rings (SSSR count). The van der Waals surface area contributed by atoms with Crippen molar-refractivity contribution in [1.82, 2.24) is 0 Å². The van der Waals surface area contributed by atoms with Crippen LogP contribution < -0.4 is 0 Å². The lowest BCUT2D eigenvalue weighted by Crippen LogP contribution is -2.38. The number of hydrogen-bond donors (Lipinski definition) is 1. The molecule has 0 amide bonds. The van der Waals surface area contributed by atoms with Gasteiger partial charge in [0, 0.05) is 0 Å². The number of unbranched alkanes of at least 4 members (excludes halogenated alkanes) is 1. The van der Waals surface area contributed by atoms with E-state index in [4.69, 9.17) is 4.74 Å². The highest BCUT2D eigenvalue weighted by Gasteiger charge is 2.34. The van der Waals surface area contributed by atoms with Crippen molar-refractivity contribution in [3.05, 3.63) is 0 Å². The lowest BCUT2D eigenvalue weighted by molar-refractivity contribution is -0.0767. The van der Waals surface area contributed by atoms with Gasteiger partial charge in [-0.05, 0) is 30.6 Å². The van der Waals surface area contributed by atoms with Crippen LogP contribution in [0.4, 0.5) is 0 Å². The maximum atomic E-state index is 9.87. The number of ether oxygens (including phenoxy) is 1. The van der Waals surface area contributed by atoms with Gasteiger partial charge in [0.25, 0.3) is 0 Å². The Balaban J connectivity index is 2.38. The van der Waals surface area contributed by atoms with E-state index in [1.54, 1.807) is 0 Å². The van der Waals surface area contributed by atoms with E-state index in [0.717, 1.165) is 19.3 Å². The second-order valence-electron chi connectivity index (χ2n) is 6.92. The lowest BCUT2D eigenvalue weighted by Gasteiger charge is -2.40. The van der Waals surface area contributed by atoms with E-state index in [1.165, 1.54) is 25.7 Å². The predicted octanol–water partition coefficient (Wildman–Crippen LogP) is 4.16. The van der Waals surface area contributed by atoms with Gasteiger partial charge in [-0.2, -0.15) is 0 Å². The summed E-state index contributed by atoms with van der Waals surface area (Å²) < 4.78 is 6.03. The van der Waals surface area contributed by atoms with Gasteiger partial charge in [-0.15, -0.1) is 0 Å². The van der Waals surface area contributed by atoms with Crippen molar-refractivity contribution in [2.24, 2.45) is 11.3 Å². The van der Waals surface area contributed by atoms with Gasteiger partial charge in [-0.25, -0.2) is 0 Å². The third-order valence-electron chi connectivity index (χ3n) is 4.21. The largest absolute Gasteiger partial charge is 0.391 e. The average molecular weight is 256 g/mol. The zero-order valence-electron chi connectivity index (χ0n) is 12.7. The van der Waals surface area contributed by atoms with Crippen LogP contribution in [0.1, 0.15) is 72.6 Å². The van der Waals surface area contributed by atoms with Gasteiger partial charge < -0.3 is 9.84 Å². The topological polar surface area (TPSA) is 29.5 Å². The highest BCUT2D eigenvalue weighted by atomic mass is 16.5. The fourth-order valence-corrected chi connectivity index (χ4v) is 3.04. The van der Waals surface area contributed by atoms with Crippen molar-refractivity contribution in [1.29, 1.82) is 0 Å². The van der Waals surface area contributed by atoms with Crippen LogP contribution in [0.2, 0.25) is 0 Å². The zero-order valence-corrected chi connectivity index (χ0v) is 12.7. The molecular weight excluding hydrogens is 224 g/mol. The van der Waals surface area contributed by atoms with Crippen LogP contribution in [0.5, 0.6) is 0 Å². The Bertz CT molecular complexity index is 220. The second-order valence-corrected chi connectivity index (χ2v) is 6.92. The van der Waals surface area contributed by atoms with E-state index in [9.17, 15) is 5.11 Å². The Labute approximate surface area is 113 Å². The second kappa shape index (κ2) is 7.49. The van der Waals surface area contributed by atoms with Crippen LogP contribution in [0.3, 0.4) is 0 Å². The summed E-state index contributed by atoms with van der Waals surface area (Å²) in [5, 5.41) is 9.87. The maximum absolute atomic E-state index is 9.87. The van der Waals surface area contributed by atoms with Crippen molar-refractivity contribution in [3.8, 4) is 0 Å². The summed E-state index contributed by atoms with van der Waals surface area (Å²) in [6, 6.07) is 0. The van der Waals surface area contributed by atoms with Crippen LogP contribution in [0.25, 0.3) is 0 Å². The molecule has 1 fully saturated rings. The Morgan fingerprint density at radius 3 is 2.50 bits per heavy atom. The van der Waals surface area contributed by atoms with Crippen molar-refractivity contribution in [2.45, 2.75) is 84.8 Å². The van der Waals surface area contributed by atoms with Gasteiger partial charge >= 0.3 is 0 Å². The molecule has 0 spiro atoms. The molecular formula is C16H32O2. The van der Waals surface area contributed by atoms with E-state index in [1.807, 2.05) is 0 Å². The summed E-state index contributed by atoms with van der Waals surface area (Å²) in [7, 11) is 0. The molecule has 0 radical (unpaired) electrons. The molecule has 18 heavy (non-hydrogen) atoms. The molecule has 2 nitrogen and oxygen atoms in total. The smallest absolute Gasteiger partial charge is 0.0773 e. The van der Waals surface area contributed by atoms with E-state index in [2.05, 4.69) is 27.7 Å². The van der Waals surface area contributed by atoms with Crippen LogP contribution in [-0.2, 0) is 4.74 Å². The normalized spacial score (nSPS) is 27.2. The molecule has 0 aromatic rings. The molecule has 3 unspecified atom stereocenters. The molecule has 0 saturated heterocycles. The van der Waals surface area contributed by atoms with Crippen LogP contribution in [0.15, 0.2) is 0 Å². The quantitative estimate of drug-likeness (QED) is 0.773. The molecule has 0 aromatic heterocycles. The molecule has 0 heterocycles. The van der Waals surface area contributed by atoms with Gasteiger partial charge in [-0.3, -0.25) is 0 Å². The molecule has 3 atom stereocenters. The van der Waals surface area contributed by atoms with Gasteiger partial charge in [0.05, 0.1) is 18.8 Å². The zero-order chi connectivity index (χ0) is 13.6. The SMILES string of the molecule is CCCCC(O)COC1CCCCC1C(C)(C)C. The molecule has 0 aliphatic heterocycles. The van der Waals surface area contributed by atoms with Crippen LogP contribution in [-0.4, -0.2) is 23.9 Å². The summed E-state index contributed by atoms with van der Waals surface area (Å²) in [4.78, 5) is 0. The summed E-state index contributed by atoms with van der Waals surface area (Å²) in [5.41, 5.74) is 0.319. The van der Waals surface area contributed by atoms with Gasteiger partial charge in [-0.1, -0.05) is 53.4 Å². The minimum atomic E-state index is -0.271. The standard InChI is InChI=1S/C16H32O2/c1-5-6-9-13(17)12-18-15-11-8-7-10-14(15)16(2,3)4/h13-15,17H,5-12H2,1-4H3. The molecule has 1 aliphatic carbocycles. The fourth-order valence-electron chi connectivity index (χ4n) is 3.04. The van der Waals surface area contributed by atoms with E-state index < -0.39 is 0 Å². The summed E-state index contributed by atoms with van der Waals surface area (Å²) in [6.45, 7) is 9.62. The number of aliphatic hydroxyl groups excluding tert-OH is 1. The first kappa shape index (κ1) is 16.0. The predicted molar refractivity (Wildman–Crippen MR) is 76.7 cm³/mol. The molecule has 1 saturated carbocycles. The molecule has 0 aromatic carbocycles. The van der Waals surface area contributed by atoms with E-state index in [0.29, 0.717) is 24.0 Å². The Kier molecular flexibility index (Phi) is 6.65. The Hall–Kier alpha value is -0.0800. The number of aliphatic hydroxyl groups is 1. The van der Waals surface area contributed by atoms with Crippen LogP contribution in [0, 0.1) is 11.3 Å². The van der Waals surface area contributed by atoms with Crippen molar-refractivity contribution in [3.63, 3.8) is 0 Å². The van der Waals surface area contributed by atoms with E-state index >= 15 is 0 Å². The van der Waals surface area contributed by atoms with Crippen molar-refractivity contribution < 1.29 is 9.84 Å². The van der Waals surface area contributed by atoms with Gasteiger partial charge in [0.15, 0.2) is 0 Å². The maximum Gasteiger partial charge on any atom is 0.0773 e. The molecule has 1 N–H and O–H groups in total. The first-order valence-corrected chi connectivity index (χ1v) is 7.74. The fraction of sp³-hybridized carbons (Fsp3) is 1.00. The molecule has 2 heteroatoms. The van der Waals surface area contributed by atoms with E-state index in [-0.39, 0.29) is 6.10 Å². The van der Waals surface area contributed by atoms with Crippen molar-refractivity contribution in [2.75, 3.05) is 6.61 Å².